The lowest BCUT2D eigenvalue weighted by molar-refractivity contribution is 0.198. The van der Waals surface area contributed by atoms with E-state index in [-0.39, 0.29) is 16.6 Å². The van der Waals surface area contributed by atoms with E-state index in [1.807, 2.05) is 11.9 Å². The van der Waals surface area contributed by atoms with E-state index in [1.165, 1.54) is 0 Å². The van der Waals surface area contributed by atoms with E-state index in [1.54, 1.807) is 0 Å². The molecule has 1 unspecified atom stereocenters. The Bertz CT molecular complexity index is 398. The second-order valence-electron chi connectivity index (χ2n) is 3.96. The number of nitrogens with one attached hydrogen (secondary N) is 1. The maximum absolute atomic E-state index is 13.7. The highest BCUT2D eigenvalue weighted by molar-refractivity contribution is 6.31. The van der Waals surface area contributed by atoms with E-state index < -0.39 is 11.6 Å². The maximum atomic E-state index is 13.7. The lowest BCUT2D eigenvalue weighted by Gasteiger charge is -2.34. The van der Waals surface area contributed by atoms with Gasteiger partial charge in [0.25, 0.3) is 0 Å². The quantitative estimate of drug-likeness (QED) is 0.765. The minimum atomic E-state index is -0.572. The molecule has 1 aromatic rings. The molecule has 1 aliphatic heterocycles. The van der Waals surface area contributed by atoms with Crippen LogP contribution in [0.5, 0.6) is 0 Å². The number of nitrogens with zero attached hydrogens (tertiary/aromatic N) is 1. The average Bonchev–Trinajstić information content (AvgIpc) is 2.27. The molecule has 1 fully saturated rings. The van der Waals surface area contributed by atoms with Gasteiger partial charge in [0.2, 0.25) is 0 Å². The number of piperazine rings is 1. The Balaban J connectivity index is 2.42. The summed E-state index contributed by atoms with van der Waals surface area (Å²) in [4.78, 5) is 1.97. The monoisotopic (exact) mass is 246 g/mol. The third-order valence-electron chi connectivity index (χ3n) is 2.92. The fourth-order valence-corrected chi connectivity index (χ4v) is 2.26. The second-order valence-corrected chi connectivity index (χ2v) is 4.34. The molecule has 1 atom stereocenters. The molecular weight excluding hydrogens is 234 g/mol. The van der Waals surface area contributed by atoms with Gasteiger partial charge in [-0.2, -0.15) is 0 Å². The molecule has 0 radical (unpaired) electrons. The first-order valence-corrected chi connectivity index (χ1v) is 5.53. The van der Waals surface area contributed by atoms with Crippen molar-refractivity contribution in [1.82, 2.24) is 10.2 Å². The molecule has 0 bridgehead atoms. The summed E-state index contributed by atoms with van der Waals surface area (Å²) in [6, 6.07) is 1.97. The molecule has 0 spiro atoms. The van der Waals surface area contributed by atoms with Crippen LogP contribution < -0.4 is 5.32 Å². The van der Waals surface area contributed by atoms with Crippen LogP contribution in [0.25, 0.3) is 0 Å². The zero-order valence-electron chi connectivity index (χ0n) is 8.93. The van der Waals surface area contributed by atoms with Gasteiger partial charge in [-0.25, -0.2) is 8.78 Å². The summed E-state index contributed by atoms with van der Waals surface area (Å²) in [5.74, 6) is -1.02. The van der Waals surface area contributed by atoms with Crippen molar-refractivity contribution in [2.24, 2.45) is 0 Å². The fraction of sp³-hybridized carbons (Fsp3) is 0.455. The van der Waals surface area contributed by atoms with Crippen molar-refractivity contribution in [3.63, 3.8) is 0 Å². The van der Waals surface area contributed by atoms with Crippen LogP contribution in [0.3, 0.4) is 0 Å². The molecule has 0 saturated carbocycles. The zero-order valence-corrected chi connectivity index (χ0v) is 9.69. The number of benzene rings is 1. The highest BCUT2D eigenvalue weighted by atomic mass is 35.5. The van der Waals surface area contributed by atoms with Crippen molar-refractivity contribution in [3.05, 3.63) is 34.4 Å². The summed E-state index contributed by atoms with van der Waals surface area (Å²) in [6.45, 7) is 2.22. The van der Waals surface area contributed by atoms with E-state index >= 15 is 0 Å². The molecule has 2 nitrogen and oxygen atoms in total. The van der Waals surface area contributed by atoms with Crippen LogP contribution in [0, 0.1) is 11.6 Å². The molecule has 0 amide bonds. The normalized spacial score (nSPS) is 22.4. The smallest absolute Gasteiger partial charge is 0.142 e. The van der Waals surface area contributed by atoms with Crippen molar-refractivity contribution >= 4 is 11.6 Å². The van der Waals surface area contributed by atoms with E-state index in [0.717, 1.165) is 25.2 Å². The van der Waals surface area contributed by atoms with Crippen LogP contribution in [-0.4, -0.2) is 31.6 Å². The Labute approximate surface area is 98.2 Å². The van der Waals surface area contributed by atoms with Crippen LogP contribution in [0.15, 0.2) is 12.1 Å². The zero-order chi connectivity index (χ0) is 11.7. The lowest BCUT2D eigenvalue weighted by atomic mass is 10.0. The molecule has 0 aromatic heterocycles. The van der Waals surface area contributed by atoms with Crippen LogP contribution in [0.2, 0.25) is 5.02 Å². The van der Waals surface area contributed by atoms with Crippen molar-refractivity contribution in [2.75, 3.05) is 26.7 Å². The highest BCUT2D eigenvalue weighted by Gasteiger charge is 2.26. The van der Waals surface area contributed by atoms with Crippen LogP contribution >= 0.6 is 11.6 Å². The highest BCUT2D eigenvalue weighted by Crippen LogP contribution is 2.31. The predicted molar refractivity (Wildman–Crippen MR) is 59.6 cm³/mol. The van der Waals surface area contributed by atoms with Gasteiger partial charge in [-0.3, -0.25) is 4.90 Å². The number of likely N-dealkylation sites (N-methyl/N-ethyl adjacent to an activating group) is 1. The first-order valence-electron chi connectivity index (χ1n) is 5.15. The van der Waals surface area contributed by atoms with E-state index in [2.05, 4.69) is 5.32 Å². The van der Waals surface area contributed by atoms with Gasteiger partial charge in [-0.05, 0) is 19.2 Å². The van der Waals surface area contributed by atoms with Crippen LogP contribution in [0.1, 0.15) is 11.6 Å². The number of hydrogen-bond acceptors (Lipinski definition) is 2. The summed E-state index contributed by atoms with van der Waals surface area (Å²) >= 11 is 5.83. The molecule has 1 aromatic carbocycles. The molecular formula is C11H13ClF2N2. The second kappa shape index (κ2) is 4.65. The van der Waals surface area contributed by atoms with Gasteiger partial charge < -0.3 is 5.32 Å². The predicted octanol–water partition coefficient (Wildman–Crippen LogP) is 2.19. The molecule has 16 heavy (non-hydrogen) atoms. The Hall–Kier alpha value is -0.710. The Morgan fingerprint density at radius 3 is 2.75 bits per heavy atom. The van der Waals surface area contributed by atoms with Gasteiger partial charge >= 0.3 is 0 Å². The molecule has 0 aliphatic carbocycles. The van der Waals surface area contributed by atoms with Crippen molar-refractivity contribution < 1.29 is 8.78 Å². The van der Waals surface area contributed by atoms with Gasteiger partial charge in [-0.15, -0.1) is 0 Å². The van der Waals surface area contributed by atoms with Gasteiger partial charge in [0.15, 0.2) is 0 Å². The van der Waals surface area contributed by atoms with Crippen LogP contribution in [-0.2, 0) is 0 Å². The summed E-state index contributed by atoms with van der Waals surface area (Å²) in [5, 5.41) is 3.04. The fourth-order valence-electron chi connectivity index (χ4n) is 1.98. The Morgan fingerprint density at radius 2 is 2.06 bits per heavy atom. The molecule has 1 heterocycles. The minimum absolute atomic E-state index is 0.111. The molecule has 5 heteroatoms. The third kappa shape index (κ3) is 2.05. The molecule has 1 N–H and O–H groups in total. The average molecular weight is 247 g/mol. The summed E-state index contributed by atoms with van der Waals surface area (Å²) < 4.78 is 27.0. The minimum Gasteiger partial charge on any atom is -0.314 e. The Kier molecular flexibility index (Phi) is 3.42. The Morgan fingerprint density at radius 1 is 1.38 bits per heavy atom. The molecule has 2 rings (SSSR count). The maximum Gasteiger partial charge on any atom is 0.142 e. The number of rotatable bonds is 1. The van der Waals surface area contributed by atoms with Crippen LogP contribution in [0.4, 0.5) is 8.78 Å². The van der Waals surface area contributed by atoms with E-state index in [9.17, 15) is 8.78 Å². The van der Waals surface area contributed by atoms with Gasteiger partial charge in [0.1, 0.15) is 11.6 Å². The first-order chi connectivity index (χ1) is 7.61. The largest absolute Gasteiger partial charge is 0.314 e. The first kappa shape index (κ1) is 11.8. The standard InChI is InChI=1S/C11H13ClF2N2/c1-16-5-4-15-6-9(16)10-7(13)2-3-8(14)11(10)12/h2-3,9,15H,4-6H2,1H3. The van der Waals surface area contributed by atoms with E-state index in [0.29, 0.717) is 6.54 Å². The van der Waals surface area contributed by atoms with Gasteiger partial charge in [0, 0.05) is 25.2 Å². The van der Waals surface area contributed by atoms with E-state index in [4.69, 9.17) is 11.6 Å². The van der Waals surface area contributed by atoms with Crippen molar-refractivity contribution in [2.45, 2.75) is 6.04 Å². The molecule has 88 valence electrons. The summed E-state index contributed by atoms with van der Waals surface area (Å²) in [7, 11) is 1.88. The number of halogens is 3. The van der Waals surface area contributed by atoms with Gasteiger partial charge in [0.05, 0.1) is 11.1 Å². The molecule has 1 aliphatic rings. The summed E-state index contributed by atoms with van der Waals surface area (Å²) in [6.07, 6.45) is 0. The third-order valence-corrected chi connectivity index (χ3v) is 3.31. The van der Waals surface area contributed by atoms with Crippen molar-refractivity contribution in [3.8, 4) is 0 Å². The van der Waals surface area contributed by atoms with Gasteiger partial charge in [-0.1, -0.05) is 11.6 Å². The SMILES string of the molecule is CN1CCNCC1c1c(F)ccc(F)c1Cl. The number of hydrogen-bond donors (Lipinski definition) is 1. The van der Waals surface area contributed by atoms with Crippen molar-refractivity contribution in [1.29, 1.82) is 0 Å². The topological polar surface area (TPSA) is 15.3 Å². The molecule has 1 saturated heterocycles. The summed E-state index contributed by atoms with van der Waals surface area (Å²) in [5.41, 5.74) is 0.247. The lowest BCUT2D eigenvalue weighted by Crippen LogP contribution is -2.44.